The highest BCUT2D eigenvalue weighted by Crippen LogP contribution is 2.43. The van der Waals surface area contributed by atoms with Gasteiger partial charge in [-0.15, -0.1) is 0 Å². The van der Waals surface area contributed by atoms with Crippen molar-refractivity contribution in [3.05, 3.63) is 76.1 Å². The highest BCUT2D eigenvalue weighted by Gasteiger charge is 2.39. The quantitative estimate of drug-likeness (QED) is 0.764. The first-order valence-corrected chi connectivity index (χ1v) is 10.3. The van der Waals surface area contributed by atoms with Gasteiger partial charge >= 0.3 is 0 Å². The lowest BCUT2D eigenvalue weighted by molar-refractivity contribution is -0.129. The summed E-state index contributed by atoms with van der Waals surface area (Å²) in [6.45, 7) is 2.52. The number of rotatable bonds is 3. The number of halogens is 1. The molecule has 0 saturated carbocycles. The number of aryl methyl sites for hydroxylation is 1. The molecule has 0 aromatic heterocycles. The first-order chi connectivity index (χ1) is 13.6. The topological polar surface area (TPSA) is 47.3 Å². The van der Waals surface area contributed by atoms with Gasteiger partial charge in [-0.2, -0.15) is 5.26 Å². The summed E-state index contributed by atoms with van der Waals surface area (Å²) < 4.78 is 14.3. The molecule has 0 bridgehead atoms. The number of thioether (sulfide) groups is 1. The van der Waals surface area contributed by atoms with Gasteiger partial charge in [-0.1, -0.05) is 49.0 Å². The van der Waals surface area contributed by atoms with Gasteiger partial charge in [0.2, 0.25) is 5.91 Å². The molecule has 2 aliphatic heterocycles. The summed E-state index contributed by atoms with van der Waals surface area (Å²) in [7, 11) is 0. The van der Waals surface area contributed by atoms with Gasteiger partial charge < -0.3 is 4.90 Å². The summed E-state index contributed by atoms with van der Waals surface area (Å²) in [6, 6.07) is 17.0. The van der Waals surface area contributed by atoms with Crippen LogP contribution in [0.3, 0.4) is 0 Å². The number of anilines is 1. The number of carbonyl (C=O) groups excluding carboxylic acids is 1. The van der Waals surface area contributed by atoms with Gasteiger partial charge in [-0.25, -0.2) is 4.39 Å². The van der Waals surface area contributed by atoms with E-state index in [9.17, 15) is 14.4 Å². The maximum Gasteiger partial charge on any atom is 0.229 e. The van der Waals surface area contributed by atoms with E-state index in [4.69, 9.17) is 0 Å². The van der Waals surface area contributed by atoms with Crippen molar-refractivity contribution >= 4 is 23.4 Å². The fraction of sp³-hybridized carbons (Fsp3) is 0.273. The lowest BCUT2D eigenvalue weighted by atomic mass is 9.86. The molecule has 6 heteroatoms. The van der Waals surface area contributed by atoms with Crippen LogP contribution < -0.4 is 4.90 Å². The molecule has 0 N–H and O–H groups in total. The SMILES string of the molecule is CCc1ccc(N2CSC3=C(C#N)C(c4ccccc4F)CC(=O)N3C2)cc1. The van der Waals surface area contributed by atoms with Gasteiger partial charge in [0, 0.05) is 18.0 Å². The highest BCUT2D eigenvalue weighted by atomic mass is 32.2. The summed E-state index contributed by atoms with van der Waals surface area (Å²) in [5, 5.41) is 10.4. The summed E-state index contributed by atoms with van der Waals surface area (Å²) in [4.78, 5) is 16.7. The Balaban J connectivity index is 1.65. The molecule has 0 spiro atoms. The lowest BCUT2D eigenvalue weighted by Crippen LogP contribution is -2.47. The molecular weight excluding hydrogens is 373 g/mol. The number of nitriles is 1. The second kappa shape index (κ2) is 7.69. The first-order valence-electron chi connectivity index (χ1n) is 9.28. The second-order valence-electron chi connectivity index (χ2n) is 6.91. The fourth-order valence-corrected chi connectivity index (χ4v) is 4.86. The monoisotopic (exact) mass is 393 g/mol. The Morgan fingerprint density at radius 1 is 1.21 bits per heavy atom. The smallest absolute Gasteiger partial charge is 0.229 e. The molecule has 1 fully saturated rings. The Morgan fingerprint density at radius 2 is 1.96 bits per heavy atom. The average Bonchev–Trinajstić information content (AvgIpc) is 2.74. The number of nitrogens with zero attached hydrogens (tertiary/aromatic N) is 3. The molecule has 1 amide bonds. The number of allylic oxidation sites excluding steroid dienone is 1. The van der Waals surface area contributed by atoms with Gasteiger partial charge in [-0.05, 0) is 35.7 Å². The number of amides is 1. The van der Waals surface area contributed by atoms with E-state index in [0.717, 1.165) is 12.1 Å². The lowest BCUT2D eigenvalue weighted by Gasteiger charge is -2.42. The molecule has 2 aromatic rings. The van der Waals surface area contributed by atoms with E-state index in [0.29, 0.717) is 28.7 Å². The molecule has 4 nitrogen and oxygen atoms in total. The number of hydrogen-bond donors (Lipinski definition) is 0. The van der Waals surface area contributed by atoms with Crippen LogP contribution in [-0.2, 0) is 11.2 Å². The molecule has 1 atom stereocenters. The van der Waals surface area contributed by atoms with Crippen LogP contribution in [0.25, 0.3) is 0 Å². The summed E-state index contributed by atoms with van der Waals surface area (Å²) >= 11 is 1.47. The van der Waals surface area contributed by atoms with Crippen molar-refractivity contribution in [2.45, 2.75) is 25.7 Å². The van der Waals surface area contributed by atoms with Gasteiger partial charge in [0.25, 0.3) is 0 Å². The van der Waals surface area contributed by atoms with Gasteiger partial charge in [0.15, 0.2) is 0 Å². The maximum atomic E-state index is 14.3. The molecule has 1 unspecified atom stereocenters. The molecule has 142 valence electrons. The van der Waals surface area contributed by atoms with Crippen molar-refractivity contribution in [1.82, 2.24) is 4.90 Å². The van der Waals surface area contributed by atoms with Crippen molar-refractivity contribution in [3.63, 3.8) is 0 Å². The molecule has 1 saturated heterocycles. The van der Waals surface area contributed by atoms with Crippen molar-refractivity contribution in [2.75, 3.05) is 17.4 Å². The van der Waals surface area contributed by atoms with Crippen LogP contribution in [0.1, 0.15) is 30.4 Å². The minimum atomic E-state index is -0.521. The molecular formula is C22H20FN3OS. The molecule has 0 aliphatic carbocycles. The van der Waals surface area contributed by atoms with Gasteiger partial charge in [-0.3, -0.25) is 9.69 Å². The zero-order valence-electron chi connectivity index (χ0n) is 15.6. The van der Waals surface area contributed by atoms with E-state index >= 15 is 0 Å². The summed E-state index contributed by atoms with van der Waals surface area (Å²) in [6.07, 6.45) is 1.09. The van der Waals surface area contributed by atoms with Crippen molar-refractivity contribution in [1.29, 1.82) is 5.26 Å². The third-order valence-electron chi connectivity index (χ3n) is 5.28. The van der Waals surface area contributed by atoms with Crippen LogP contribution in [0.5, 0.6) is 0 Å². The van der Waals surface area contributed by atoms with Gasteiger partial charge in [0.05, 0.1) is 29.2 Å². The Kier molecular flexibility index (Phi) is 5.10. The minimum Gasteiger partial charge on any atom is -0.344 e. The van der Waals surface area contributed by atoms with E-state index in [2.05, 4.69) is 42.2 Å². The molecule has 4 rings (SSSR count). The number of carbonyl (C=O) groups is 1. The zero-order chi connectivity index (χ0) is 19.7. The predicted octanol–water partition coefficient (Wildman–Crippen LogP) is 4.61. The minimum absolute atomic E-state index is 0.0790. The number of hydrogen-bond acceptors (Lipinski definition) is 4. The van der Waals surface area contributed by atoms with Crippen molar-refractivity contribution in [2.24, 2.45) is 0 Å². The van der Waals surface area contributed by atoms with Crippen LogP contribution in [0, 0.1) is 17.1 Å². The van der Waals surface area contributed by atoms with E-state index in [1.807, 2.05) is 0 Å². The molecule has 2 aromatic carbocycles. The fourth-order valence-electron chi connectivity index (χ4n) is 3.69. The number of fused-ring (bicyclic) bond motifs is 1. The van der Waals surface area contributed by atoms with Crippen LogP contribution in [0.4, 0.5) is 10.1 Å². The van der Waals surface area contributed by atoms with E-state index in [1.54, 1.807) is 23.1 Å². The highest BCUT2D eigenvalue weighted by molar-refractivity contribution is 8.03. The third-order valence-corrected chi connectivity index (χ3v) is 6.44. The maximum absolute atomic E-state index is 14.3. The summed E-state index contributed by atoms with van der Waals surface area (Å²) in [5.41, 5.74) is 3.21. The van der Waals surface area contributed by atoms with E-state index in [-0.39, 0.29) is 18.1 Å². The zero-order valence-corrected chi connectivity index (χ0v) is 16.4. The van der Waals surface area contributed by atoms with Crippen molar-refractivity contribution < 1.29 is 9.18 Å². The standard InChI is InChI=1S/C22H20FN3OS/c1-2-15-7-9-16(10-8-15)25-13-26-21(27)11-18(17-5-3-4-6-20(17)23)19(12-24)22(26)28-14-25/h3-10,18H,2,11,13-14H2,1H3. The Morgan fingerprint density at radius 3 is 2.64 bits per heavy atom. The van der Waals surface area contributed by atoms with Gasteiger partial charge in [0.1, 0.15) is 5.82 Å². The number of benzene rings is 2. The van der Waals surface area contributed by atoms with Crippen LogP contribution in [0.15, 0.2) is 59.1 Å². The average molecular weight is 393 g/mol. The molecule has 2 aliphatic rings. The first kappa shape index (κ1) is 18.6. The van der Waals surface area contributed by atoms with Crippen LogP contribution in [-0.4, -0.2) is 23.4 Å². The Labute approximate surface area is 168 Å². The molecule has 28 heavy (non-hydrogen) atoms. The molecule has 0 radical (unpaired) electrons. The molecule has 2 heterocycles. The predicted molar refractivity (Wildman–Crippen MR) is 109 cm³/mol. The Hall–Kier alpha value is -2.78. The second-order valence-corrected chi connectivity index (χ2v) is 7.84. The van der Waals surface area contributed by atoms with Crippen molar-refractivity contribution in [3.8, 4) is 6.07 Å². The van der Waals surface area contributed by atoms with Crippen LogP contribution >= 0.6 is 11.8 Å². The Bertz CT molecular complexity index is 980. The normalized spacial score (nSPS) is 19.5. The largest absolute Gasteiger partial charge is 0.344 e. The van der Waals surface area contributed by atoms with E-state index < -0.39 is 5.92 Å². The van der Waals surface area contributed by atoms with Crippen LogP contribution in [0.2, 0.25) is 0 Å². The van der Waals surface area contributed by atoms with E-state index in [1.165, 1.54) is 23.4 Å². The summed E-state index contributed by atoms with van der Waals surface area (Å²) in [5.74, 6) is -0.335. The third kappa shape index (κ3) is 3.27.